The highest BCUT2D eigenvalue weighted by Gasteiger charge is 2.24. The molecule has 0 amide bonds. The molecule has 1 heterocycles. The molecule has 1 saturated heterocycles. The van der Waals surface area contributed by atoms with Crippen LogP contribution in [0.25, 0.3) is 0 Å². The molecular weight excluding hydrogens is 234 g/mol. The third kappa shape index (κ3) is 3.16. The summed E-state index contributed by atoms with van der Waals surface area (Å²) in [4.78, 5) is 2.60. The molecular formula is C16H25N3. The van der Waals surface area contributed by atoms with Crippen LogP contribution in [0, 0.1) is 12.3 Å². The van der Waals surface area contributed by atoms with Crippen LogP contribution >= 0.6 is 0 Å². The standard InChI is InChI=1S/C16H25N3/c1-11-9-14(16(17)18)7-8-15(11)10-19-12(2)5-4-6-13(19)3/h7-9,12-13H,4-6,10H2,1-3H3,(H3,17,18)/t12-,13+. The number of hydrogen-bond donors (Lipinski definition) is 2. The molecule has 2 atom stereocenters. The van der Waals surface area contributed by atoms with Crippen LogP contribution in [-0.4, -0.2) is 22.8 Å². The van der Waals surface area contributed by atoms with Gasteiger partial charge in [-0.25, -0.2) is 0 Å². The molecule has 1 aromatic rings. The summed E-state index contributed by atoms with van der Waals surface area (Å²) in [5, 5.41) is 7.49. The van der Waals surface area contributed by atoms with Crippen molar-refractivity contribution in [3.63, 3.8) is 0 Å². The van der Waals surface area contributed by atoms with Crippen LogP contribution in [0.3, 0.4) is 0 Å². The van der Waals surface area contributed by atoms with E-state index in [9.17, 15) is 0 Å². The SMILES string of the molecule is Cc1cc(C(=N)N)ccc1CN1[C@H](C)CCC[C@@H]1C. The number of likely N-dealkylation sites (tertiary alicyclic amines) is 1. The number of benzene rings is 1. The van der Waals surface area contributed by atoms with Crippen molar-refractivity contribution in [1.29, 1.82) is 5.41 Å². The first-order valence-corrected chi connectivity index (χ1v) is 7.18. The Labute approximate surface area is 116 Å². The van der Waals surface area contributed by atoms with E-state index in [1.54, 1.807) is 0 Å². The lowest BCUT2D eigenvalue weighted by Gasteiger charge is -2.39. The van der Waals surface area contributed by atoms with E-state index in [0.717, 1.165) is 12.1 Å². The Morgan fingerprint density at radius 2 is 1.95 bits per heavy atom. The fourth-order valence-electron chi connectivity index (χ4n) is 3.02. The molecule has 0 aliphatic carbocycles. The molecule has 3 heteroatoms. The van der Waals surface area contributed by atoms with E-state index < -0.39 is 0 Å². The van der Waals surface area contributed by atoms with Gasteiger partial charge in [0, 0.05) is 24.2 Å². The normalized spacial score (nSPS) is 24.4. The predicted octanol–water partition coefficient (Wildman–Crippen LogP) is 3.04. The van der Waals surface area contributed by atoms with Crippen LogP contribution in [0.1, 0.15) is 49.8 Å². The van der Waals surface area contributed by atoms with Crippen molar-refractivity contribution in [2.24, 2.45) is 5.73 Å². The van der Waals surface area contributed by atoms with Crippen molar-refractivity contribution in [2.75, 3.05) is 0 Å². The number of nitrogen functional groups attached to an aromatic ring is 1. The Kier molecular flexibility index (Phi) is 4.25. The van der Waals surface area contributed by atoms with E-state index in [4.69, 9.17) is 11.1 Å². The smallest absolute Gasteiger partial charge is 0.122 e. The highest BCUT2D eigenvalue weighted by molar-refractivity contribution is 5.95. The second kappa shape index (κ2) is 5.74. The Balaban J connectivity index is 2.16. The van der Waals surface area contributed by atoms with Crippen LogP contribution in [0.15, 0.2) is 18.2 Å². The molecule has 0 spiro atoms. The van der Waals surface area contributed by atoms with Gasteiger partial charge < -0.3 is 5.73 Å². The summed E-state index contributed by atoms with van der Waals surface area (Å²) in [6.45, 7) is 7.78. The lowest BCUT2D eigenvalue weighted by atomic mass is 9.95. The Morgan fingerprint density at radius 1 is 1.32 bits per heavy atom. The van der Waals surface area contributed by atoms with Crippen LogP contribution in [0.4, 0.5) is 0 Å². The highest BCUT2D eigenvalue weighted by atomic mass is 15.2. The first kappa shape index (κ1) is 14.1. The molecule has 1 fully saturated rings. The minimum absolute atomic E-state index is 0.148. The number of nitrogens with two attached hydrogens (primary N) is 1. The zero-order valence-electron chi connectivity index (χ0n) is 12.2. The minimum atomic E-state index is 0.148. The average molecular weight is 259 g/mol. The Bertz CT molecular complexity index is 457. The fourth-order valence-corrected chi connectivity index (χ4v) is 3.02. The summed E-state index contributed by atoms with van der Waals surface area (Å²) in [5.74, 6) is 0.148. The van der Waals surface area contributed by atoms with Gasteiger partial charge in [-0.2, -0.15) is 0 Å². The van der Waals surface area contributed by atoms with Crippen molar-refractivity contribution in [3.8, 4) is 0 Å². The number of piperidine rings is 1. The zero-order valence-corrected chi connectivity index (χ0v) is 12.2. The molecule has 1 aliphatic heterocycles. The third-order valence-electron chi connectivity index (χ3n) is 4.38. The Hall–Kier alpha value is -1.35. The lowest BCUT2D eigenvalue weighted by molar-refractivity contribution is 0.0951. The zero-order chi connectivity index (χ0) is 14.0. The van der Waals surface area contributed by atoms with Gasteiger partial charge in [0.2, 0.25) is 0 Å². The van der Waals surface area contributed by atoms with Gasteiger partial charge in [-0.05, 0) is 50.8 Å². The average Bonchev–Trinajstić information content (AvgIpc) is 2.35. The van der Waals surface area contributed by atoms with E-state index in [0.29, 0.717) is 12.1 Å². The van der Waals surface area contributed by atoms with Crippen molar-refractivity contribution in [3.05, 3.63) is 34.9 Å². The lowest BCUT2D eigenvalue weighted by Crippen LogP contribution is -2.43. The minimum Gasteiger partial charge on any atom is -0.384 e. The van der Waals surface area contributed by atoms with E-state index in [1.165, 1.54) is 30.4 Å². The van der Waals surface area contributed by atoms with Crippen molar-refractivity contribution in [1.82, 2.24) is 4.90 Å². The molecule has 3 N–H and O–H groups in total. The third-order valence-corrected chi connectivity index (χ3v) is 4.38. The fraction of sp³-hybridized carbons (Fsp3) is 0.562. The number of aryl methyl sites for hydroxylation is 1. The van der Waals surface area contributed by atoms with Crippen molar-refractivity contribution < 1.29 is 0 Å². The maximum Gasteiger partial charge on any atom is 0.122 e. The highest BCUT2D eigenvalue weighted by Crippen LogP contribution is 2.25. The first-order chi connectivity index (χ1) is 8.99. The van der Waals surface area contributed by atoms with Gasteiger partial charge >= 0.3 is 0 Å². The number of rotatable bonds is 3. The molecule has 0 bridgehead atoms. The molecule has 0 radical (unpaired) electrons. The largest absolute Gasteiger partial charge is 0.384 e. The molecule has 2 rings (SSSR count). The van der Waals surface area contributed by atoms with Crippen molar-refractivity contribution >= 4 is 5.84 Å². The molecule has 3 nitrogen and oxygen atoms in total. The van der Waals surface area contributed by atoms with Crippen molar-refractivity contribution in [2.45, 2.75) is 58.7 Å². The van der Waals surface area contributed by atoms with E-state index in [-0.39, 0.29) is 5.84 Å². The van der Waals surface area contributed by atoms with Gasteiger partial charge in [0.25, 0.3) is 0 Å². The second-order valence-electron chi connectivity index (χ2n) is 5.86. The van der Waals surface area contributed by atoms with E-state index in [2.05, 4.69) is 31.7 Å². The van der Waals surface area contributed by atoms with E-state index >= 15 is 0 Å². The van der Waals surface area contributed by atoms with Crippen LogP contribution in [0.2, 0.25) is 0 Å². The van der Waals surface area contributed by atoms with Gasteiger partial charge in [0.15, 0.2) is 0 Å². The number of amidine groups is 1. The van der Waals surface area contributed by atoms with Crippen LogP contribution in [-0.2, 0) is 6.54 Å². The summed E-state index contributed by atoms with van der Waals surface area (Å²) < 4.78 is 0. The number of nitrogens with zero attached hydrogens (tertiary/aromatic N) is 1. The van der Waals surface area contributed by atoms with Gasteiger partial charge in [-0.15, -0.1) is 0 Å². The molecule has 0 aromatic heterocycles. The maximum absolute atomic E-state index is 7.49. The quantitative estimate of drug-likeness (QED) is 0.647. The monoisotopic (exact) mass is 259 g/mol. The van der Waals surface area contributed by atoms with Gasteiger partial charge in [0.1, 0.15) is 5.84 Å². The van der Waals surface area contributed by atoms with Crippen LogP contribution < -0.4 is 5.73 Å². The van der Waals surface area contributed by atoms with E-state index in [1.807, 2.05) is 12.1 Å². The molecule has 19 heavy (non-hydrogen) atoms. The summed E-state index contributed by atoms with van der Waals surface area (Å²) in [5.41, 5.74) is 8.94. The summed E-state index contributed by atoms with van der Waals surface area (Å²) in [6, 6.07) is 7.44. The van der Waals surface area contributed by atoms with Gasteiger partial charge in [0.05, 0.1) is 0 Å². The molecule has 0 unspecified atom stereocenters. The summed E-state index contributed by atoms with van der Waals surface area (Å²) in [6.07, 6.45) is 3.95. The first-order valence-electron chi connectivity index (χ1n) is 7.18. The number of hydrogen-bond acceptors (Lipinski definition) is 2. The molecule has 1 aromatic carbocycles. The van der Waals surface area contributed by atoms with Gasteiger partial charge in [-0.1, -0.05) is 18.6 Å². The molecule has 1 aliphatic rings. The van der Waals surface area contributed by atoms with Gasteiger partial charge in [-0.3, -0.25) is 10.3 Å². The number of nitrogens with one attached hydrogen (secondary N) is 1. The predicted molar refractivity (Wildman–Crippen MR) is 80.5 cm³/mol. The second-order valence-corrected chi connectivity index (χ2v) is 5.86. The Morgan fingerprint density at radius 3 is 2.47 bits per heavy atom. The maximum atomic E-state index is 7.49. The van der Waals surface area contributed by atoms with Crippen LogP contribution in [0.5, 0.6) is 0 Å². The molecule has 0 saturated carbocycles. The molecule has 104 valence electrons. The topological polar surface area (TPSA) is 53.1 Å². The summed E-state index contributed by atoms with van der Waals surface area (Å²) >= 11 is 0. The summed E-state index contributed by atoms with van der Waals surface area (Å²) in [7, 11) is 0.